The summed E-state index contributed by atoms with van der Waals surface area (Å²) in [7, 11) is 3.48. The number of nitrogens with zero attached hydrogens (tertiary/aromatic N) is 2. The van der Waals surface area contributed by atoms with E-state index < -0.39 is 0 Å². The lowest BCUT2D eigenvalue weighted by atomic mass is 10.0. The highest BCUT2D eigenvalue weighted by Crippen LogP contribution is 2.22. The minimum Gasteiger partial charge on any atom is -0.345 e. The number of carbonyl (C=O) groups is 1. The molecule has 0 saturated carbocycles. The Morgan fingerprint density at radius 1 is 1.18 bits per heavy atom. The topological polar surface area (TPSA) is 33.2 Å². The minimum absolute atomic E-state index is 0.0159. The first-order chi connectivity index (χ1) is 8.20. The van der Waals surface area contributed by atoms with Crippen LogP contribution in [0, 0.1) is 6.20 Å². The van der Waals surface area contributed by atoms with Crippen LogP contribution in [-0.4, -0.2) is 29.9 Å². The van der Waals surface area contributed by atoms with Crippen molar-refractivity contribution in [1.29, 1.82) is 0 Å². The largest absolute Gasteiger partial charge is 0.345 e. The minimum atomic E-state index is -0.0159. The summed E-state index contributed by atoms with van der Waals surface area (Å²) in [4.78, 5) is 17.6. The molecule has 1 radical (unpaired) electrons. The number of pyridine rings is 1. The summed E-state index contributed by atoms with van der Waals surface area (Å²) in [6, 6.07) is 11.2. The van der Waals surface area contributed by atoms with Crippen LogP contribution in [0.5, 0.6) is 0 Å². The van der Waals surface area contributed by atoms with Gasteiger partial charge in [-0.25, -0.2) is 0 Å². The molecule has 85 valence electrons. The molecule has 2 aromatic rings. The van der Waals surface area contributed by atoms with Crippen LogP contribution in [0.25, 0.3) is 11.1 Å². The molecule has 2 rings (SSSR count). The number of benzene rings is 1. The zero-order valence-electron chi connectivity index (χ0n) is 9.84. The van der Waals surface area contributed by atoms with Crippen molar-refractivity contribution in [2.24, 2.45) is 0 Å². The van der Waals surface area contributed by atoms with Gasteiger partial charge in [0.25, 0.3) is 5.91 Å². The van der Waals surface area contributed by atoms with E-state index in [0.717, 1.165) is 11.1 Å². The van der Waals surface area contributed by atoms with Crippen LogP contribution in [0.4, 0.5) is 0 Å². The van der Waals surface area contributed by atoms with Gasteiger partial charge in [-0.3, -0.25) is 9.78 Å². The molecule has 0 aliphatic heterocycles. The molecule has 3 nitrogen and oxygen atoms in total. The van der Waals surface area contributed by atoms with E-state index in [9.17, 15) is 4.79 Å². The van der Waals surface area contributed by atoms with Crippen molar-refractivity contribution < 1.29 is 4.79 Å². The zero-order chi connectivity index (χ0) is 12.3. The Hall–Kier alpha value is -2.16. The summed E-state index contributed by atoms with van der Waals surface area (Å²) in [5.74, 6) is -0.0159. The molecule has 3 heteroatoms. The molecule has 1 aromatic carbocycles. The Morgan fingerprint density at radius 3 is 2.59 bits per heavy atom. The normalized spacial score (nSPS) is 10.0. The van der Waals surface area contributed by atoms with E-state index in [1.165, 1.54) is 0 Å². The standard InChI is InChI=1S/C14H13N2O/c1-16(2)14(17)13-8-4-3-7-12(13)11-6-5-9-15-10-11/h3-9H,1-2H3. The fourth-order valence-electron chi connectivity index (χ4n) is 1.62. The van der Waals surface area contributed by atoms with Crippen LogP contribution >= 0.6 is 0 Å². The first kappa shape index (κ1) is 11.3. The number of amides is 1. The average Bonchev–Trinajstić information content (AvgIpc) is 2.39. The lowest BCUT2D eigenvalue weighted by molar-refractivity contribution is 0.0828. The van der Waals surface area contributed by atoms with Crippen LogP contribution in [0.3, 0.4) is 0 Å². The van der Waals surface area contributed by atoms with Gasteiger partial charge in [0.2, 0.25) is 0 Å². The Labute approximate surface area is 101 Å². The Morgan fingerprint density at radius 2 is 1.94 bits per heavy atom. The first-order valence-corrected chi connectivity index (χ1v) is 5.34. The molecule has 0 aliphatic rings. The Kier molecular flexibility index (Phi) is 3.19. The summed E-state index contributed by atoms with van der Waals surface area (Å²) in [6.45, 7) is 0. The molecular weight excluding hydrogens is 212 g/mol. The van der Waals surface area contributed by atoms with Crippen LogP contribution < -0.4 is 0 Å². The SMILES string of the molecule is CN(C)C(=O)c1ccccc1-c1[c]nccc1. The first-order valence-electron chi connectivity index (χ1n) is 5.34. The molecule has 0 fully saturated rings. The summed E-state index contributed by atoms with van der Waals surface area (Å²) in [5.41, 5.74) is 2.36. The van der Waals surface area contributed by atoms with Gasteiger partial charge in [-0.1, -0.05) is 24.3 Å². The maximum Gasteiger partial charge on any atom is 0.253 e. The molecule has 0 atom stereocenters. The molecule has 0 unspecified atom stereocenters. The molecule has 0 spiro atoms. The van der Waals surface area contributed by atoms with Crippen LogP contribution in [-0.2, 0) is 0 Å². The second-order valence-electron chi connectivity index (χ2n) is 3.91. The van der Waals surface area contributed by atoms with E-state index >= 15 is 0 Å². The molecule has 0 saturated heterocycles. The van der Waals surface area contributed by atoms with Gasteiger partial charge in [0.15, 0.2) is 0 Å². The number of aromatic nitrogens is 1. The monoisotopic (exact) mass is 225 g/mol. The van der Waals surface area contributed by atoms with Gasteiger partial charge in [0, 0.05) is 31.4 Å². The van der Waals surface area contributed by atoms with E-state index in [0.29, 0.717) is 5.56 Å². The molecule has 1 amide bonds. The van der Waals surface area contributed by atoms with Crippen molar-refractivity contribution >= 4 is 5.91 Å². The van der Waals surface area contributed by atoms with Gasteiger partial charge in [0.1, 0.15) is 0 Å². The molecule has 0 N–H and O–H groups in total. The highest BCUT2D eigenvalue weighted by molar-refractivity contribution is 6.00. The summed E-state index contributed by atoms with van der Waals surface area (Å²) in [5, 5.41) is 0. The van der Waals surface area contributed by atoms with Crippen LogP contribution in [0.1, 0.15) is 10.4 Å². The van der Waals surface area contributed by atoms with Crippen molar-refractivity contribution in [2.75, 3.05) is 14.1 Å². The second kappa shape index (κ2) is 4.78. The quantitative estimate of drug-likeness (QED) is 0.785. The van der Waals surface area contributed by atoms with Gasteiger partial charge in [0.05, 0.1) is 6.20 Å². The molecule has 17 heavy (non-hydrogen) atoms. The fourth-order valence-corrected chi connectivity index (χ4v) is 1.62. The van der Waals surface area contributed by atoms with Crippen LogP contribution in [0.15, 0.2) is 42.6 Å². The van der Waals surface area contributed by atoms with Crippen molar-refractivity contribution in [2.45, 2.75) is 0 Å². The van der Waals surface area contributed by atoms with E-state index in [1.54, 1.807) is 25.2 Å². The number of hydrogen-bond donors (Lipinski definition) is 0. The summed E-state index contributed by atoms with van der Waals surface area (Å²) < 4.78 is 0. The molecule has 0 bridgehead atoms. The van der Waals surface area contributed by atoms with Gasteiger partial charge >= 0.3 is 0 Å². The van der Waals surface area contributed by atoms with E-state index in [1.807, 2.05) is 36.4 Å². The van der Waals surface area contributed by atoms with Gasteiger partial charge in [-0.2, -0.15) is 0 Å². The molecule has 0 aliphatic carbocycles. The summed E-state index contributed by atoms with van der Waals surface area (Å²) >= 11 is 0. The molecular formula is C14H13N2O. The van der Waals surface area contributed by atoms with Crippen molar-refractivity contribution in [3.8, 4) is 11.1 Å². The highest BCUT2D eigenvalue weighted by atomic mass is 16.2. The van der Waals surface area contributed by atoms with E-state index in [4.69, 9.17) is 0 Å². The predicted molar refractivity (Wildman–Crippen MR) is 66.5 cm³/mol. The third kappa shape index (κ3) is 2.33. The lowest BCUT2D eigenvalue weighted by Gasteiger charge is -2.13. The third-order valence-electron chi connectivity index (χ3n) is 2.46. The number of hydrogen-bond acceptors (Lipinski definition) is 2. The van der Waals surface area contributed by atoms with Gasteiger partial charge in [-0.15, -0.1) is 0 Å². The fraction of sp³-hybridized carbons (Fsp3) is 0.143. The van der Waals surface area contributed by atoms with Gasteiger partial charge < -0.3 is 4.90 Å². The molecule has 1 heterocycles. The molecule has 1 aromatic heterocycles. The second-order valence-corrected chi connectivity index (χ2v) is 3.91. The van der Waals surface area contributed by atoms with Crippen molar-refractivity contribution in [3.05, 3.63) is 54.4 Å². The van der Waals surface area contributed by atoms with Crippen LogP contribution in [0.2, 0.25) is 0 Å². The Bertz CT molecular complexity index is 521. The lowest BCUT2D eigenvalue weighted by Crippen LogP contribution is -2.22. The summed E-state index contributed by atoms with van der Waals surface area (Å²) in [6.07, 6.45) is 4.56. The van der Waals surface area contributed by atoms with E-state index in [2.05, 4.69) is 11.2 Å². The van der Waals surface area contributed by atoms with Gasteiger partial charge in [-0.05, 0) is 17.7 Å². The van der Waals surface area contributed by atoms with Crippen molar-refractivity contribution in [1.82, 2.24) is 9.88 Å². The highest BCUT2D eigenvalue weighted by Gasteiger charge is 2.13. The number of rotatable bonds is 2. The third-order valence-corrected chi connectivity index (χ3v) is 2.46. The maximum absolute atomic E-state index is 12.0. The zero-order valence-corrected chi connectivity index (χ0v) is 9.84. The predicted octanol–water partition coefficient (Wildman–Crippen LogP) is 2.25. The smallest absolute Gasteiger partial charge is 0.253 e. The Balaban J connectivity index is 2.52. The maximum atomic E-state index is 12.0. The van der Waals surface area contributed by atoms with Crippen molar-refractivity contribution in [3.63, 3.8) is 0 Å². The van der Waals surface area contributed by atoms with E-state index in [-0.39, 0.29) is 5.91 Å². The average molecular weight is 225 g/mol. The number of carbonyl (C=O) groups excluding carboxylic acids is 1.